The van der Waals surface area contributed by atoms with Gasteiger partial charge in [0.1, 0.15) is 11.6 Å². The fourth-order valence-corrected chi connectivity index (χ4v) is 1.77. The molecule has 4 nitrogen and oxygen atoms in total. The van der Waals surface area contributed by atoms with Crippen molar-refractivity contribution in [1.29, 1.82) is 0 Å². The van der Waals surface area contributed by atoms with Crippen LogP contribution in [0.25, 0.3) is 0 Å². The van der Waals surface area contributed by atoms with Crippen LogP contribution in [-0.2, 0) is 0 Å². The largest absolute Gasteiger partial charge is 0.354 e. The third-order valence-electron chi connectivity index (χ3n) is 2.83. The Morgan fingerprint density at radius 2 is 1.95 bits per heavy atom. The second-order valence-corrected chi connectivity index (χ2v) is 4.73. The van der Waals surface area contributed by atoms with Crippen molar-refractivity contribution in [3.8, 4) is 0 Å². The molecule has 1 aromatic heterocycles. The van der Waals surface area contributed by atoms with E-state index in [2.05, 4.69) is 27.5 Å². The normalized spacial score (nSPS) is 10.4. The van der Waals surface area contributed by atoms with E-state index in [4.69, 9.17) is 0 Å². The van der Waals surface area contributed by atoms with Gasteiger partial charge in [-0.15, -0.1) is 0 Å². The Labute approximate surface area is 118 Å². The molecule has 0 aliphatic carbocycles. The molecule has 5 heteroatoms. The first kappa shape index (κ1) is 14.2. The highest BCUT2D eigenvalue weighted by Gasteiger charge is 2.04. The number of aromatic nitrogens is 2. The summed E-state index contributed by atoms with van der Waals surface area (Å²) in [4.78, 5) is 8.67. The Morgan fingerprint density at radius 1 is 1.15 bits per heavy atom. The molecular formula is C15H19FN4. The molecule has 0 aliphatic rings. The van der Waals surface area contributed by atoms with Crippen molar-refractivity contribution in [2.75, 3.05) is 17.2 Å². The average Bonchev–Trinajstić information content (AvgIpc) is 2.40. The summed E-state index contributed by atoms with van der Waals surface area (Å²) < 4.78 is 13.5. The lowest BCUT2D eigenvalue weighted by Crippen LogP contribution is -2.07. The first-order chi connectivity index (χ1) is 9.58. The van der Waals surface area contributed by atoms with Gasteiger partial charge in [0.2, 0.25) is 5.95 Å². The van der Waals surface area contributed by atoms with Crippen LogP contribution < -0.4 is 10.6 Å². The molecule has 0 amide bonds. The zero-order valence-corrected chi connectivity index (χ0v) is 12.0. The minimum Gasteiger partial charge on any atom is -0.354 e. The molecular weight excluding hydrogens is 255 g/mol. The summed E-state index contributed by atoms with van der Waals surface area (Å²) in [6.45, 7) is 6.54. The summed E-state index contributed by atoms with van der Waals surface area (Å²) in [5, 5.41) is 6.24. The number of nitrogens with one attached hydrogen (secondary N) is 2. The van der Waals surface area contributed by atoms with E-state index < -0.39 is 0 Å². The van der Waals surface area contributed by atoms with Crippen LogP contribution in [0.2, 0.25) is 0 Å². The smallest absolute Gasteiger partial charge is 0.224 e. The molecule has 0 aliphatic heterocycles. The molecule has 0 saturated heterocycles. The van der Waals surface area contributed by atoms with E-state index in [1.807, 2.05) is 19.1 Å². The number of halogens is 1. The minimum atomic E-state index is -0.231. The fraction of sp³-hybridized carbons (Fsp3) is 0.333. The molecule has 20 heavy (non-hydrogen) atoms. The van der Waals surface area contributed by atoms with Crippen LogP contribution in [0.1, 0.15) is 24.6 Å². The van der Waals surface area contributed by atoms with Crippen LogP contribution in [-0.4, -0.2) is 16.5 Å². The van der Waals surface area contributed by atoms with Crippen molar-refractivity contribution in [1.82, 2.24) is 9.97 Å². The van der Waals surface area contributed by atoms with Gasteiger partial charge in [-0.1, -0.05) is 13.0 Å². The molecule has 0 bridgehead atoms. The van der Waals surface area contributed by atoms with Gasteiger partial charge in [0.25, 0.3) is 0 Å². The van der Waals surface area contributed by atoms with E-state index in [1.54, 1.807) is 13.0 Å². The number of nitrogens with zero attached hydrogens (tertiary/aromatic N) is 2. The van der Waals surface area contributed by atoms with E-state index in [9.17, 15) is 4.39 Å². The van der Waals surface area contributed by atoms with Crippen molar-refractivity contribution in [3.63, 3.8) is 0 Å². The molecule has 0 spiro atoms. The van der Waals surface area contributed by atoms with Gasteiger partial charge in [0.05, 0.1) is 0 Å². The monoisotopic (exact) mass is 274 g/mol. The molecule has 1 aromatic carbocycles. The number of hydrogen-bond acceptors (Lipinski definition) is 4. The maximum absolute atomic E-state index is 13.5. The topological polar surface area (TPSA) is 49.8 Å². The van der Waals surface area contributed by atoms with Crippen LogP contribution in [0.15, 0.2) is 24.3 Å². The van der Waals surface area contributed by atoms with Crippen LogP contribution in [0, 0.1) is 19.7 Å². The second kappa shape index (κ2) is 6.32. The lowest BCUT2D eigenvalue weighted by molar-refractivity contribution is 0.619. The van der Waals surface area contributed by atoms with Gasteiger partial charge < -0.3 is 10.6 Å². The fourth-order valence-electron chi connectivity index (χ4n) is 1.77. The zero-order valence-electron chi connectivity index (χ0n) is 12.0. The predicted molar refractivity (Wildman–Crippen MR) is 80.0 cm³/mol. The van der Waals surface area contributed by atoms with E-state index in [-0.39, 0.29) is 5.82 Å². The lowest BCUT2D eigenvalue weighted by Gasteiger charge is -2.10. The molecule has 0 saturated carbocycles. The third kappa shape index (κ3) is 3.66. The summed E-state index contributed by atoms with van der Waals surface area (Å²) in [6.07, 6.45) is 1.00. The highest BCUT2D eigenvalue weighted by molar-refractivity contribution is 5.58. The summed E-state index contributed by atoms with van der Waals surface area (Å²) in [7, 11) is 0. The van der Waals surface area contributed by atoms with Gasteiger partial charge in [0.15, 0.2) is 0 Å². The van der Waals surface area contributed by atoms with Crippen molar-refractivity contribution in [3.05, 3.63) is 41.3 Å². The highest BCUT2D eigenvalue weighted by atomic mass is 19.1. The summed E-state index contributed by atoms with van der Waals surface area (Å²) in [6, 6.07) is 6.86. The van der Waals surface area contributed by atoms with Crippen LogP contribution in [0.3, 0.4) is 0 Å². The highest BCUT2D eigenvalue weighted by Crippen LogP contribution is 2.19. The van der Waals surface area contributed by atoms with Crippen LogP contribution in [0.5, 0.6) is 0 Å². The lowest BCUT2D eigenvalue weighted by atomic mass is 10.2. The van der Waals surface area contributed by atoms with Gasteiger partial charge in [-0.2, -0.15) is 4.98 Å². The summed E-state index contributed by atoms with van der Waals surface area (Å²) in [5.74, 6) is 1.01. The third-order valence-corrected chi connectivity index (χ3v) is 2.83. The Bertz CT molecular complexity index is 598. The molecule has 2 aromatic rings. The van der Waals surface area contributed by atoms with E-state index >= 15 is 0 Å². The summed E-state index contributed by atoms with van der Waals surface area (Å²) in [5.41, 5.74) is 2.15. The first-order valence-electron chi connectivity index (χ1n) is 6.71. The maximum atomic E-state index is 13.5. The number of anilines is 3. The quantitative estimate of drug-likeness (QED) is 0.870. The first-order valence-corrected chi connectivity index (χ1v) is 6.71. The molecule has 2 rings (SSSR count). The predicted octanol–water partition coefficient (Wildman–Crippen LogP) is 3.80. The Morgan fingerprint density at radius 3 is 2.65 bits per heavy atom. The SMILES string of the molecule is CCCNc1nc(C)cc(Nc2ccc(C)c(F)c2)n1. The molecule has 0 radical (unpaired) electrons. The molecule has 0 unspecified atom stereocenters. The summed E-state index contributed by atoms with van der Waals surface area (Å²) >= 11 is 0. The van der Waals surface area contributed by atoms with Crippen molar-refractivity contribution in [2.45, 2.75) is 27.2 Å². The molecule has 1 heterocycles. The van der Waals surface area contributed by atoms with Gasteiger partial charge in [-0.05, 0) is 38.0 Å². The van der Waals surface area contributed by atoms with Crippen LogP contribution >= 0.6 is 0 Å². The van der Waals surface area contributed by atoms with Gasteiger partial charge >= 0.3 is 0 Å². The maximum Gasteiger partial charge on any atom is 0.224 e. The van der Waals surface area contributed by atoms with E-state index in [0.717, 1.165) is 18.7 Å². The average molecular weight is 274 g/mol. The van der Waals surface area contributed by atoms with E-state index in [1.165, 1.54) is 6.07 Å². The Kier molecular flexibility index (Phi) is 4.50. The number of hydrogen-bond donors (Lipinski definition) is 2. The van der Waals surface area contributed by atoms with Crippen molar-refractivity contribution < 1.29 is 4.39 Å². The van der Waals surface area contributed by atoms with E-state index in [0.29, 0.717) is 23.0 Å². The van der Waals surface area contributed by atoms with Crippen molar-refractivity contribution in [2.24, 2.45) is 0 Å². The molecule has 0 atom stereocenters. The van der Waals surface area contributed by atoms with Gasteiger partial charge in [-0.3, -0.25) is 0 Å². The zero-order chi connectivity index (χ0) is 14.5. The second-order valence-electron chi connectivity index (χ2n) is 4.73. The Hall–Kier alpha value is -2.17. The molecule has 106 valence electrons. The van der Waals surface area contributed by atoms with Crippen molar-refractivity contribution >= 4 is 17.5 Å². The van der Waals surface area contributed by atoms with Gasteiger partial charge in [0, 0.05) is 24.0 Å². The standard InChI is InChI=1S/C15H19FN4/c1-4-7-17-15-18-11(3)8-14(20-15)19-12-6-5-10(2)13(16)9-12/h5-6,8-9H,4,7H2,1-3H3,(H2,17,18,19,20). The Balaban J connectivity index is 2.19. The van der Waals surface area contributed by atoms with Gasteiger partial charge in [-0.25, -0.2) is 9.37 Å². The molecule has 2 N–H and O–H groups in total. The minimum absolute atomic E-state index is 0.231. The molecule has 0 fully saturated rings. The number of benzene rings is 1. The number of aryl methyl sites for hydroxylation is 2. The number of rotatable bonds is 5. The van der Waals surface area contributed by atoms with Crippen LogP contribution in [0.4, 0.5) is 21.8 Å².